The van der Waals surface area contributed by atoms with Crippen LogP contribution in [-0.4, -0.2) is 34.1 Å². The first-order valence-electron chi connectivity index (χ1n) is 9.18. The van der Waals surface area contributed by atoms with Crippen LogP contribution in [0.3, 0.4) is 0 Å². The number of ether oxygens (including phenoxy) is 1. The average molecular weight is 420 g/mol. The number of hydrogen-bond acceptors (Lipinski definition) is 5. The molecule has 2 heterocycles. The molecule has 1 amide bonds. The van der Waals surface area contributed by atoms with Crippen molar-refractivity contribution in [2.75, 3.05) is 11.4 Å². The fraction of sp³-hybridized carbons (Fsp3) is 0.684. The number of rotatable bonds is 3. The predicted molar refractivity (Wildman–Crippen MR) is 105 cm³/mol. The number of pyridine rings is 1. The summed E-state index contributed by atoms with van der Waals surface area (Å²) in [5.74, 6) is 0. The molecule has 0 radical (unpaired) electrons. The number of halogens is 3. The smallest absolute Gasteiger partial charge is 0.414 e. The number of carbonyl (C=O) groups excluding carboxylic acids is 1. The fourth-order valence-electron chi connectivity index (χ4n) is 2.66. The van der Waals surface area contributed by atoms with Crippen LogP contribution in [0.25, 0.3) is 0 Å². The second-order valence-corrected chi connectivity index (χ2v) is 10.4. The Morgan fingerprint density at radius 3 is 2.39 bits per heavy atom. The zero-order valence-corrected chi connectivity index (χ0v) is 17.9. The third kappa shape index (κ3) is 6.27. The van der Waals surface area contributed by atoms with E-state index in [4.69, 9.17) is 4.74 Å². The summed E-state index contributed by atoms with van der Waals surface area (Å²) in [5.41, 5.74) is 0.228. The molecule has 1 aromatic rings. The van der Waals surface area contributed by atoms with E-state index in [2.05, 4.69) is 9.71 Å². The van der Waals surface area contributed by atoms with Crippen molar-refractivity contribution in [3.05, 3.63) is 23.5 Å². The van der Waals surface area contributed by atoms with Crippen molar-refractivity contribution in [1.82, 2.24) is 9.71 Å². The SMILES string of the molecule is CC(C)(C)OC(=O)N1CCCc2nc([C@@H](NSC(C)(C)C)C(F)(F)F)ccc21. The van der Waals surface area contributed by atoms with Crippen LogP contribution in [0.1, 0.15) is 65.4 Å². The first-order valence-corrected chi connectivity index (χ1v) is 9.99. The molecular weight excluding hydrogens is 391 g/mol. The van der Waals surface area contributed by atoms with Gasteiger partial charge in [-0.15, -0.1) is 0 Å². The molecule has 0 bridgehead atoms. The first-order chi connectivity index (χ1) is 12.7. The molecule has 158 valence electrons. The zero-order valence-electron chi connectivity index (χ0n) is 17.1. The van der Waals surface area contributed by atoms with Crippen LogP contribution in [0, 0.1) is 0 Å². The lowest BCUT2D eigenvalue weighted by atomic mass is 10.1. The van der Waals surface area contributed by atoms with Gasteiger partial charge in [0, 0.05) is 11.3 Å². The van der Waals surface area contributed by atoms with Crippen molar-refractivity contribution in [3.63, 3.8) is 0 Å². The molecule has 0 aliphatic carbocycles. The number of aromatic nitrogens is 1. The third-order valence-corrected chi connectivity index (χ3v) is 4.74. The van der Waals surface area contributed by atoms with Crippen molar-refractivity contribution in [3.8, 4) is 0 Å². The normalized spacial score (nSPS) is 16.5. The number of amides is 1. The van der Waals surface area contributed by atoms with Gasteiger partial charge in [-0.1, -0.05) is 11.9 Å². The van der Waals surface area contributed by atoms with Crippen LogP contribution in [0.5, 0.6) is 0 Å². The maximum atomic E-state index is 13.6. The van der Waals surface area contributed by atoms with Crippen LogP contribution in [0.2, 0.25) is 0 Å². The zero-order chi connectivity index (χ0) is 21.3. The maximum Gasteiger partial charge on any atom is 0.414 e. The Morgan fingerprint density at radius 1 is 1.21 bits per heavy atom. The second-order valence-electron chi connectivity index (χ2n) is 8.74. The van der Waals surface area contributed by atoms with Crippen molar-refractivity contribution in [2.45, 2.75) is 77.0 Å². The Labute approximate surface area is 168 Å². The number of nitrogens with zero attached hydrogens (tertiary/aromatic N) is 2. The lowest BCUT2D eigenvalue weighted by Crippen LogP contribution is -2.40. The predicted octanol–water partition coefficient (Wildman–Crippen LogP) is 5.41. The average Bonchev–Trinajstić information content (AvgIpc) is 2.50. The fourth-order valence-corrected chi connectivity index (χ4v) is 3.39. The van der Waals surface area contributed by atoms with Gasteiger partial charge in [0.2, 0.25) is 0 Å². The van der Waals surface area contributed by atoms with E-state index in [9.17, 15) is 18.0 Å². The Hall–Kier alpha value is -1.48. The molecule has 0 spiro atoms. The molecule has 0 saturated heterocycles. The molecule has 1 aromatic heterocycles. The van der Waals surface area contributed by atoms with Gasteiger partial charge in [0.25, 0.3) is 0 Å². The lowest BCUT2D eigenvalue weighted by molar-refractivity contribution is -0.153. The van der Waals surface area contributed by atoms with E-state index in [-0.39, 0.29) is 10.4 Å². The van der Waals surface area contributed by atoms with Crippen LogP contribution in [0.4, 0.5) is 23.7 Å². The summed E-state index contributed by atoms with van der Waals surface area (Å²) in [4.78, 5) is 18.2. The molecular formula is C19H28F3N3O2S. The summed E-state index contributed by atoms with van der Waals surface area (Å²) in [6, 6.07) is 0.970. The van der Waals surface area contributed by atoms with Gasteiger partial charge in [-0.3, -0.25) is 9.88 Å². The van der Waals surface area contributed by atoms with Crippen LogP contribution >= 0.6 is 11.9 Å². The Bertz CT molecular complexity index is 712. The van der Waals surface area contributed by atoms with Gasteiger partial charge in [-0.25, -0.2) is 9.52 Å². The van der Waals surface area contributed by atoms with Crippen molar-refractivity contribution < 1.29 is 22.7 Å². The number of carbonyl (C=O) groups is 1. The minimum absolute atomic E-state index is 0.103. The third-order valence-electron chi connectivity index (χ3n) is 3.78. The van der Waals surface area contributed by atoms with Gasteiger partial charge >= 0.3 is 12.3 Å². The summed E-state index contributed by atoms with van der Waals surface area (Å²) in [7, 11) is 0. The summed E-state index contributed by atoms with van der Waals surface area (Å²) in [6.45, 7) is 11.2. The molecule has 0 unspecified atom stereocenters. The largest absolute Gasteiger partial charge is 0.443 e. The number of nitrogens with one attached hydrogen (secondary N) is 1. The molecule has 1 N–H and O–H groups in total. The standard InChI is InChI=1S/C19H28F3N3O2S/c1-17(2,3)27-16(26)25-11-7-8-12-14(25)10-9-13(23-12)15(19(20,21)22)24-28-18(4,5)6/h9-10,15,24H,7-8,11H2,1-6H3/t15-/m1/s1. The number of hydrogen-bond donors (Lipinski definition) is 1. The lowest BCUT2D eigenvalue weighted by Gasteiger charge is -2.32. The molecule has 9 heteroatoms. The monoisotopic (exact) mass is 419 g/mol. The van der Waals surface area contributed by atoms with E-state index < -0.39 is 23.9 Å². The van der Waals surface area contributed by atoms with Crippen LogP contribution in [0.15, 0.2) is 12.1 Å². The topological polar surface area (TPSA) is 54.5 Å². The highest BCUT2D eigenvalue weighted by Gasteiger charge is 2.43. The van der Waals surface area contributed by atoms with Crippen LogP contribution < -0.4 is 9.62 Å². The molecule has 5 nitrogen and oxygen atoms in total. The molecule has 0 aromatic carbocycles. The van der Waals surface area contributed by atoms with E-state index in [1.54, 1.807) is 20.8 Å². The van der Waals surface area contributed by atoms with Gasteiger partial charge < -0.3 is 4.74 Å². The number of aryl methyl sites for hydroxylation is 1. The van der Waals surface area contributed by atoms with E-state index in [0.29, 0.717) is 30.8 Å². The van der Waals surface area contributed by atoms with Gasteiger partial charge in [0.15, 0.2) is 6.04 Å². The first kappa shape index (κ1) is 22.8. The minimum Gasteiger partial charge on any atom is -0.443 e. The summed E-state index contributed by atoms with van der Waals surface area (Å²) in [5, 5.41) is 0. The highest BCUT2D eigenvalue weighted by molar-refractivity contribution is 7.98. The molecule has 0 saturated carbocycles. The van der Waals surface area contributed by atoms with Gasteiger partial charge in [-0.2, -0.15) is 13.2 Å². The van der Waals surface area contributed by atoms with Gasteiger partial charge in [0.1, 0.15) is 5.60 Å². The molecule has 1 aliphatic heterocycles. The van der Waals surface area contributed by atoms with E-state index in [0.717, 1.165) is 11.9 Å². The van der Waals surface area contributed by atoms with Crippen molar-refractivity contribution in [2.24, 2.45) is 0 Å². The van der Waals surface area contributed by atoms with E-state index >= 15 is 0 Å². The van der Waals surface area contributed by atoms with Gasteiger partial charge in [0.05, 0.1) is 17.1 Å². The Balaban J connectivity index is 2.30. The molecule has 1 aliphatic rings. The van der Waals surface area contributed by atoms with Crippen LogP contribution in [-0.2, 0) is 11.2 Å². The van der Waals surface area contributed by atoms with E-state index in [1.807, 2.05) is 20.8 Å². The molecule has 1 atom stereocenters. The van der Waals surface area contributed by atoms with Crippen molar-refractivity contribution >= 4 is 23.7 Å². The summed E-state index contributed by atoms with van der Waals surface area (Å²) in [6.07, 6.45) is -3.88. The highest BCUT2D eigenvalue weighted by atomic mass is 32.2. The van der Waals surface area contributed by atoms with Crippen molar-refractivity contribution in [1.29, 1.82) is 0 Å². The highest BCUT2D eigenvalue weighted by Crippen LogP contribution is 2.37. The number of fused-ring (bicyclic) bond motifs is 1. The molecule has 0 fully saturated rings. The quantitative estimate of drug-likeness (QED) is 0.664. The number of anilines is 1. The van der Waals surface area contributed by atoms with E-state index in [1.165, 1.54) is 17.0 Å². The molecule has 2 rings (SSSR count). The Morgan fingerprint density at radius 2 is 1.86 bits per heavy atom. The maximum absolute atomic E-state index is 13.6. The second kappa shape index (κ2) is 8.10. The van der Waals surface area contributed by atoms with Gasteiger partial charge in [-0.05, 0) is 66.5 Å². The minimum atomic E-state index is -4.49. The summed E-state index contributed by atoms with van der Waals surface area (Å²) >= 11 is 1.02. The number of alkyl halides is 3. The Kier molecular flexibility index (Phi) is 6.60. The summed E-state index contributed by atoms with van der Waals surface area (Å²) < 4.78 is 48.3. The molecule has 28 heavy (non-hydrogen) atoms.